The van der Waals surface area contributed by atoms with Crippen molar-refractivity contribution in [1.29, 1.82) is 0 Å². The highest BCUT2D eigenvalue weighted by molar-refractivity contribution is 5.96. The molecule has 7 rings (SSSR count). The molecule has 0 spiro atoms. The molecule has 2 atom stereocenters. The van der Waals surface area contributed by atoms with Gasteiger partial charge in [-0.15, -0.1) is 0 Å². The Hall–Kier alpha value is -4.06. The molecule has 174 valence electrons. The monoisotopic (exact) mass is 463 g/mol. The first-order valence-electron chi connectivity index (χ1n) is 11.9. The van der Waals surface area contributed by atoms with Crippen LogP contribution in [0.3, 0.4) is 0 Å². The van der Waals surface area contributed by atoms with E-state index < -0.39 is 4.92 Å². The summed E-state index contributed by atoms with van der Waals surface area (Å²) in [6.45, 7) is 4.63. The number of non-ortho nitro benzene ring substituents is 1. The van der Waals surface area contributed by atoms with Crippen LogP contribution in [0.5, 0.6) is 0 Å². The second-order valence-corrected chi connectivity index (χ2v) is 10.2. The predicted molar refractivity (Wildman–Crippen MR) is 135 cm³/mol. The Balaban J connectivity index is 1.65. The average Bonchev–Trinajstić information content (AvgIpc) is 3.28. The molecule has 0 N–H and O–H groups in total. The fourth-order valence-electron chi connectivity index (χ4n) is 5.97. The third kappa shape index (κ3) is 3.16. The van der Waals surface area contributed by atoms with E-state index in [1.165, 1.54) is 17.7 Å². The summed E-state index contributed by atoms with van der Waals surface area (Å²) in [5, 5.41) is 16.4. The molecule has 35 heavy (non-hydrogen) atoms. The number of aldehydes is 1. The normalized spacial score (nSPS) is 19.5. The maximum absolute atomic E-state index is 12.3. The van der Waals surface area contributed by atoms with Crippen LogP contribution in [0.25, 0.3) is 28.1 Å². The van der Waals surface area contributed by atoms with Crippen LogP contribution in [0.4, 0.5) is 5.69 Å². The van der Waals surface area contributed by atoms with E-state index >= 15 is 0 Å². The highest BCUT2D eigenvalue weighted by Crippen LogP contribution is 2.63. The Morgan fingerprint density at radius 3 is 2.43 bits per heavy atom. The number of aromatic nitrogens is 2. The molecule has 3 aromatic carbocycles. The van der Waals surface area contributed by atoms with Gasteiger partial charge in [-0.1, -0.05) is 62.4 Å². The Morgan fingerprint density at radius 1 is 1.03 bits per heavy atom. The maximum atomic E-state index is 12.3. The molecule has 1 aromatic heterocycles. The largest absolute Gasteiger partial charge is 0.298 e. The highest BCUT2D eigenvalue weighted by atomic mass is 16.6. The maximum Gasteiger partial charge on any atom is 0.269 e. The third-order valence-electron chi connectivity index (χ3n) is 8.12. The first-order valence-corrected chi connectivity index (χ1v) is 11.9. The van der Waals surface area contributed by atoms with E-state index in [-0.39, 0.29) is 11.1 Å². The van der Waals surface area contributed by atoms with E-state index in [1.807, 2.05) is 53.2 Å². The minimum atomic E-state index is -0.398. The highest BCUT2D eigenvalue weighted by Gasteiger charge is 2.55. The van der Waals surface area contributed by atoms with Gasteiger partial charge in [-0.25, -0.2) is 4.68 Å². The lowest BCUT2D eigenvalue weighted by atomic mass is 9.48. The van der Waals surface area contributed by atoms with Crippen LogP contribution < -0.4 is 0 Å². The van der Waals surface area contributed by atoms with E-state index in [9.17, 15) is 14.9 Å². The summed E-state index contributed by atoms with van der Waals surface area (Å²) < 4.78 is 1.90. The molecule has 6 heteroatoms. The van der Waals surface area contributed by atoms with Crippen molar-refractivity contribution in [1.82, 2.24) is 9.78 Å². The Bertz CT molecular complexity index is 1470. The molecule has 2 unspecified atom stereocenters. The second-order valence-electron chi connectivity index (χ2n) is 10.2. The number of carbonyl (C=O) groups is 1. The van der Waals surface area contributed by atoms with Gasteiger partial charge < -0.3 is 0 Å². The molecular weight excluding hydrogens is 438 g/mol. The fourth-order valence-corrected chi connectivity index (χ4v) is 5.97. The topological polar surface area (TPSA) is 78.0 Å². The van der Waals surface area contributed by atoms with Gasteiger partial charge in [0.1, 0.15) is 0 Å². The summed E-state index contributed by atoms with van der Waals surface area (Å²) in [6, 6.07) is 22.4. The molecule has 1 fully saturated rings. The zero-order valence-electron chi connectivity index (χ0n) is 19.6. The van der Waals surface area contributed by atoms with E-state index in [4.69, 9.17) is 5.10 Å². The van der Waals surface area contributed by atoms with Gasteiger partial charge in [0.05, 0.1) is 22.0 Å². The number of nitro benzene ring substituents is 1. The molecule has 4 aromatic rings. The molecule has 2 bridgehead atoms. The lowest BCUT2D eigenvalue weighted by Gasteiger charge is -2.55. The lowest BCUT2D eigenvalue weighted by Crippen LogP contribution is -2.48. The second kappa shape index (κ2) is 7.73. The van der Waals surface area contributed by atoms with Gasteiger partial charge in [-0.3, -0.25) is 14.9 Å². The van der Waals surface area contributed by atoms with Crippen LogP contribution in [0, 0.1) is 21.4 Å². The van der Waals surface area contributed by atoms with E-state index in [2.05, 4.69) is 13.8 Å². The summed E-state index contributed by atoms with van der Waals surface area (Å²) in [5.74, 6) is 0.926. The van der Waals surface area contributed by atoms with Crippen molar-refractivity contribution in [3.8, 4) is 28.1 Å². The van der Waals surface area contributed by atoms with Crippen LogP contribution in [-0.2, 0) is 6.42 Å². The van der Waals surface area contributed by atoms with Crippen LogP contribution in [0.2, 0.25) is 0 Å². The quantitative estimate of drug-likeness (QED) is 0.189. The van der Waals surface area contributed by atoms with Crippen molar-refractivity contribution in [2.75, 3.05) is 0 Å². The molecule has 0 saturated heterocycles. The van der Waals surface area contributed by atoms with Gasteiger partial charge in [-0.2, -0.15) is 5.10 Å². The summed E-state index contributed by atoms with van der Waals surface area (Å²) in [5.41, 5.74) is 7.63. The summed E-state index contributed by atoms with van der Waals surface area (Å²) in [6.07, 6.45) is 2.94. The Morgan fingerprint density at radius 2 is 1.77 bits per heavy atom. The Kier molecular flexibility index (Phi) is 4.74. The molecule has 1 heterocycles. The van der Waals surface area contributed by atoms with Gasteiger partial charge in [0, 0.05) is 34.7 Å². The zero-order valence-corrected chi connectivity index (χ0v) is 19.6. The summed E-state index contributed by atoms with van der Waals surface area (Å²) in [7, 11) is 0. The number of nitrogens with zero attached hydrogens (tertiary/aromatic N) is 3. The van der Waals surface area contributed by atoms with Gasteiger partial charge in [0.15, 0.2) is 6.29 Å². The number of hydrogen-bond acceptors (Lipinski definition) is 4. The molecule has 1 saturated carbocycles. The fraction of sp³-hybridized carbons (Fsp3) is 0.241. The molecule has 0 radical (unpaired) electrons. The summed E-state index contributed by atoms with van der Waals surface area (Å²) in [4.78, 5) is 23.2. The third-order valence-corrected chi connectivity index (χ3v) is 8.12. The summed E-state index contributed by atoms with van der Waals surface area (Å²) >= 11 is 0. The molecule has 0 amide bonds. The number of hydrogen-bond donors (Lipinski definition) is 0. The van der Waals surface area contributed by atoms with Crippen LogP contribution >= 0.6 is 0 Å². The number of rotatable bonds is 5. The SMILES string of the molecule is CC1(C)C2Cc3c(nn(-c4ccc([N+](=O)[O-])cc4)c3-c3c(C=O)cccc3-c3ccccc3)C1C2. The van der Waals surface area contributed by atoms with Crippen molar-refractivity contribution < 1.29 is 9.72 Å². The van der Waals surface area contributed by atoms with Crippen molar-refractivity contribution in [2.45, 2.75) is 32.6 Å². The van der Waals surface area contributed by atoms with Gasteiger partial charge in [0.2, 0.25) is 0 Å². The first-order chi connectivity index (χ1) is 16.9. The standard InChI is InChI=1S/C29H25N3O3/c1-29(2)20-15-24-27(25(29)16-20)30-31(21-11-13-22(14-12-21)32(34)35)28(24)26-19(17-33)9-6-10-23(26)18-7-4-3-5-8-18/h3-14,17,20,25H,15-16H2,1-2H3. The van der Waals surface area contributed by atoms with Crippen LogP contribution in [-0.4, -0.2) is 21.0 Å². The van der Waals surface area contributed by atoms with Crippen molar-refractivity contribution in [2.24, 2.45) is 11.3 Å². The van der Waals surface area contributed by atoms with Crippen molar-refractivity contribution >= 4 is 12.0 Å². The number of nitro groups is 1. The molecule has 3 aliphatic carbocycles. The van der Waals surface area contributed by atoms with E-state index in [0.29, 0.717) is 17.4 Å². The zero-order chi connectivity index (χ0) is 24.3. The molecule has 0 aliphatic heterocycles. The molecule has 6 nitrogen and oxygen atoms in total. The van der Waals surface area contributed by atoms with E-state index in [1.54, 1.807) is 12.1 Å². The van der Waals surface area contributed by atoms with Crippen molar-refractivity contribution in [3.63, 3.8) is 0 Å². The Labute approximate surface area is 203 Å². The average molecular weight is 464 g/mol. The van der Waals surface area contributed by atoms with Gasteiger partial charge in [0.25, 0.3) is 5.69 Å². The first kappa shape index (κ1) is 21.5. The van der Waals surface area contributed by atoms with Gasteiger partial charge in [-0.05, 0) is 47.4 Å². The smallest absolute Gasteiger partial charge is 0.269 e. The number of carbonyl (C=O) groups excluding carboxylic acids is 1. The lowest BCUT2D eigenvalue weighted by molar-refractivity contribution is -0.384. The minimum absolute atomic E-state index is 0.0360. The predicted octanol–water partition coefficient (Wildman–Crippen LogP) is 6.61. The van der Waals surface area contributed by atoms with Crippen LogP contribution in [0.15, 0.2) is 72.8 Å². The van der Waals surface area contributed by atoms with Crippen LogP contribution in [0.1, 0.15) is 47.8 Å². The van der Waals surface area contributed by atoms with E-state index in [0.717, 1.165) is 52.9 Å². The van der Waals surface area contributed by atoms with Crippen molar-refractivity contribution in [3.05, 3.63) is 99.7 Å². The molecular formula is C29H25N3O3. The molecule has 3 aliphatic rings. The number of benzene rings is 3. The van der Waals surface area contributed by atoms with Gasteiger partial charge >= 0.3 is 0 Å². The minimum Gasteiger partial charge on any atom is -0.298 e.